The fourth-order valence-corrected chi connectivity index (χ4v) is 3.53. The molecule has 0 amide bonds. The first kappa shape index (κ1) is 22.3. The van der Waals surface area contributed by atoms with Crippen LogP contribution in [0.1, 0.15) is 63.4 Å². The van der Waals surface area contributed by atoms with Crippen LogP contribution in [0, 0.1) is 0 Å². The van der Waals surface area contributed by atoms with Crippen molar-refractivity contribution >= 4 is 13.9 Å². The van der Waals surface area contributed by atoms with Crippen molar-refractivity contribution in [3.8, 4) is 0 Å². The molecule has 1 saturated carbocycles. The van der Waals surface area contributed by atoms with E-state index in [0.29, 0.717) is 18.9 Å². The van der Waals surface area contributed by atoms with Crippen molar-refractivity contribution in [3.63, 3.8) is 0 Å². The Morgan fingerprint density at radius 2 is 2.07 bits per heavy atom. The van der Waals surface area contributed by atoms with Crippen molar-refractivity contribution in [2.45, 2.75) is 69.9 Å². The van der Waals surface area contributed by atoms with Crippen LogP contribution in [0.25, 0.3) is 6.08 Å². The standard InChI is InChI=1S/C19H32NO6P/c1-19(20,15-25-27(21,22)23)13-12-18-11-10-17(26-18)9-5-6-14-24-16-7-3-2-4-8-16/h5,9-11,16H,2-4,6-8,12-15,20H2,1H3,(H2,21,22,23)/b9-5+. The average molecular weight is 401 g/mol. The van der Waals surface area contributed by atoms with Crippen LogP contribution in [0.15, 0.2) is 22.6 Å². The Balaban J connectivity index is 1.67. The largest absolute Gasteiger partial charge is 0.469 e. The summed E-state index contributed by atoms with van der Waals surface area (Å²) in [6.45, 7) is 2.21. The Morgan fingerprint density at radius 1 is 1.33 bits per heavy atom. The van der Waals surface area contributed by atoms with E-state index in [4.69, 9.17) is 24.7 Å². The van der Waals surface area contributed by atoms with E-state index in [2.05, 4.69) is 4.52 Å². The SMILES string of the molecule is CC(N)(CCc1ccc(/C=C/CCOC2CCCCC2)o1)COP(=O)(O)O. The zero-order valence-corrected chi connectivity index (χ0v) is 16.9. The molecular formula is C19H32NO6P. The van der Waals surface area contributed by atoms with Crippen molar-refractivity contribution < 1.29 is 28.0 Å². The van der Waals surface area contributed by atoms with E-state index in [1.54, 1.807) is 6.92 Å². The number of aryl methyl sites for hydroxylation is 1. The Morgan fingerprint density at radius 3 is 2.78 bits per heavy atom. The summed E-state index contributed by atoms with van der Waals surface area (Å²) in [7, 11) is -4.50. The van der Waals surface area contributed by atoms with Crippen molar-refractivity contribution in [2.24, 2.45) is 5.73 Å². The summed E-state index contributed by atoms with van der Waals surface area (Å²) in [5.41, 5.74) is 5.17. The summed E-state index contributed by atoms with van der Waals surface area (Å²) in [5, 5.41) is 0. The molecule has 0 aliphatic heterocycles. The molecule has 0 radical (unpaired) electrons. The number of rotatable bonds is 11. The minimum atomic E-state index is -4.50. The van der Waals surface area contributed by atoms with E-state index in [0.717, 1.165) is 24.5 Å². The van der Waals surface area contributed by atoms with E-state index in [-0.39, 0.29) is 6.61 Å². The molecule has 0 bridgehead atoms. The second-order valence-corrected chi connectivity index (χ2v) is 8.78. The molecule has 0 aromatic carbocycles. The molecule has 27 heavy (non-hydrogen) atoms. The van der Waals surface area contributed by atoms with Gasteiger partial charge in [0.2, 0.25) is 0 Å². The molecule has 2 rings (SSSR count). The number of hydrogen-bond acceptors (Lipinski definition) is 5. The summed E-state index contributed by atoms with van der Waals surface area (Å²) in [6, 6.07) is 3.78. The van der Waals surface area contributed by atoms with Gasteiger partial charge in [-0.15, -0.1) is 0 Å². The predicted molar refractivity (Wildman–Crippen MR) is 104 cm³/mol. The van der Waals surface area contributed by atoms with Crippen LogP contribution in [0.2, 0.25) is 0 Å². The summed E-state index contributed by atoms with van der Waals surface area (Å²) < 4.78 is 26.9. The number of hydrogen-bond donors (Lipinski definition) is 3. The normalized spacial score (nSPS) is 18.8. The Labute approximate surface area is 161 Å². The monoisotopic (exact) mass is 401 g/mol. The van der Waals surface area contributed by atoms with Gasteiger partial charge in [-0.05, 0) is 50.8 Å². The highest BCUT2D eigenvalue weighted by Gasteiger charge is 2.24. The second kappa shape index (κ2) is 10.6. The van der Waals surface area contributed by atoms with Crippen molar-refractivity contribution in [1.29, 1.82) is 0 Å². The molecule has 0 spiro atoms. The molecule has 4 N–H and O–H groups in total. The maximum Gasteiger partial charge on any atom is 0.469 e. The molecule has 1 aromatic heterocycles. The lowest BCUT2D eigenvalue weighted by atomic mass is 9.98. The van der Waals surface area contributed by atoms with Gasteiger partial charge in [-0.1, -0.05) is 25.3 Å². The molecule has 8 heteroatoms. The molecular weight excluding hydrogens is 369 g/mol. The highest BCUT2D eigenvalue weighted by atomic mass is 31.2. The van der Waals surface area contributed by atoms with Gasteiger partial charge in [-0.25, -0.2) is 4.57 Å². The molecule has 7 nitrogen and oxygen atoms in total. The van der Waals surface area contributed by atoms with Gasteiger partial charge >= 0.3 is 7.82 Å². The zero-order chi connectivity index (χ0) is 19.8. The first-order valence-electron chi connectivity index (χ1n) is 9.59. The van der Waals surface area contributed by atoms with Crippen molar-refractivity contribution in [3.05, 3.63) is 29.7 Å². The van der Waals surface area contributed by atoms with Gasteiger partial charge < -0.3 is 24.7 Å². The first-order valence-corrected chi connectivity index (χ1v) is 11.1. The molecule has 1 unspecified atom stereocenters. The summed E-state index contributed by atoms with van der Waals surface area (Å²) in [6.07, 6.45) is 12.6. The highest BCUT2D eigenvalue weighted by molar-refractivity contribution is 7.46. The maximum atomic E-state index is 10.8. The fourth-order valence-electron chi connectivity index (χ4n) is 3.06. The minimum absolute atomic E-state index is 0.217. The van der Waals surface area contributed by atoms with Gasteiger partial charge in [0.25, 0.3) is 0 Å². The predicted octanol–water partition coefficient (Wildman–Crippen LogP) is 3.79. The van der Waals surface area contributed by atoms with E-state index in [9.17, 15) is 4.57 Å². The molecule has 1 aromatic rings. The number of furan rings is 1. The van der Waals surface area contributed by atoms with Crippen LogP contribution in [0.5, 0.6) is 0 Å². The van der Waals surface area contributed by atoms with Crippen LogP contribution < -0.4 is 5.73 Å². The Hall–Kier alpha value is -0.950. The number of nitrogens with two attached hydrogens (primary N) is 1. The molecule has 1 aliphatic carbocycles. The maximum absolute atomic E-state index is 10.8. The Kier molecular flexibility index (Phi) is 8.73. The number of ether oxygens (including phenoxy) is 1. The van der Waals surface area contributed by atoms with Gasteiger partial charge in [0.05, 0.1) is 19.3 Å². The van der Waals surface area contributed by atoms with Crippen LogP contribution in [-0.4, -0.2) is 34.6 Å². The third-order valence-corrected chi connectivity index (χ3v) is 5.13. The lowest BCUT2D eigenvalue weighted by Gasteiger charge is -2.23. The fraction of sp³-hybridized carbons (Fsp3) is 0.684. The van der Waals surface area contributed by atoms with Gasteiger partial charge in [0, 0.05) is 12.0 Å². The molecule has 154 valence electrons. The third-order valence-electron chi connectivity index (χ3n) is 4.66. The summed E-state index contributed by atoms with van der Waals surface area (Å²) >= 11 is 0. The molecule has 1 fully saturated rings. The lowest BCUT2D eigenvalue weighted by molar-refractivity contribution is 0.0313. The smallest absolute Gasteiger partial charge is 0.462 e. The molecule has 1 aliphatic rings. The first-order chi connectivity index (χ1) is 12.7. The Bertz CT molecular complexity index is 630. The lowest BCUT2D eigenvalue weighted by Crippen LogP contribution is -2.41. The molecule has 1 heterocycles. The van der Waals surface area contributed by atoms with Gasteiger partial charge in [-0.3, -0.25) is 4.52 Å². The number of phosphoric acid groups is 1. The van der Waals surface area contributed by atoms with Gasteiger partial charge in [-0.2, -0.15) is 0 Å². The van der Waals surface area contributed by atoms with Crippen molar-refractivity contribution in [1.82, 2.24) is 0 Å². The number of phosphoric ester groups is 1. The third kappa shape index (κ3) is 9.70. The van der Waals surface area contributed by atoms with Crippen molar-refractivity contribution in [2.75, 3.05) is 13.2 Å². The van der Waals surface area contributed by atoms with Crippen LogP contribution in [0.4, 0.5) is 0 Å². The topological polar surface area (TPSA) is 115 Å². The van der Waals surface area contributed by atoms with Crippen LogP contribution >= 0.6 is 7.82 Å². The van der Waals surface area contributed by atoms with E-state index < -0.39 is 13.4 Å². The average Bonchev–Trinajstić information content (AvgIpc) is 3.07. The van der Waals surface area contributed by atoms with Gasteiger partial charge in [0.1, 0.15) is 11.5 Å². The zero-order valence-electron chi connectivity index (χ0n) is 16.0. The second-order valence-electron chi connectivity index (χ2n) is 7.54. The quantitative estimate of drug-likeness (QED) is 0.382. The van der Waals surface area contributed by atoms with Gasteiger partial charge in [0.15, 0.2) is 0 Å². The minimum Gasteiger partial charge on any atom is -0.462 e. The summed E-state index contributed by atoms with van der Waals surface area (Å²) in [4.78, 5) is 17.5. The van der Waals surface area contributed by atoms with Crippen LogP contribution in [-0.2, 0) is 20.2 Å². The van der Waals surface area contributed by atoms with E-state index in [1.165, 1.54) is 32.1 Å². The summed E-state index contributed by atoms with van der Waals surface area (Å²) in [5.74, 6) is 1.55. The van der Waals surface area contributed by atoms with E-state index >= 15 is 0 Å². The van der Waals surface area contributed by atoms with E-state index in [1.807, 2.05) is 24.3 Å². The van der Waals surface area contributed by atoms with Crippen LogP contribution in [0.3, 0.4) is 0 Å². The molecule has 1 atom stereocenters. The highest BCUT2D eigenvalue weighted by Crippen LogP contribution is 2.36. The molecule has 0 saturated heterocycles.